The number of hydrogen-bond acceptors (Lipinski definition) is 4. The first kappa shape index (κ1) is 16.5. The first-order chi connectivity index (χ1) is 11.3. The third-order valence-corrected chi connectivity index (χ3v) is 5.18. The van der Waals surface area contributed by atoms with Gasteiger partial charge in [0.1, 0.15) is 11.6 Å². The van der Waals surface area contributed by atoms with Crippen molar-refractivity contribution in [1.29, 1.82) is 0 Å². The molecule has 126 valence electrons. The van der Waals surface area contributed by atoms with Crippen LogP contribution in [0.5, 0.6) is 5.75 Å². The fraction of sp³-hybridized carbons (Fsp3) is 0.133. The molecule has 9 heteroatoms. The summed E-state index contributed by atoms with van der Waals surface area (Å²) in [5.74, 6) is -0.692. The molecule has 2 aromatic rings. The Morgan fingerprint density at radius 2 is 2.04 bits per heavy atom. The second kappa shape index (κ2) is 5.95. The molecule has 1 heterocycles. The lowest BCUT2D eigenvalue weighted by atomic mass is 10.2. The number of nitrogens with one attached hydrogen (secondary N) is 2. The third kappa shape index (κ3) is 3.15. The van der Waals surface area contributed by atoms with Gasteiger partial charge in [-0.05, 0) is 36.8 Å². The van der Waals surface area contributed by atoms with E-state index in [1.807, 2.05) is 0 Å². The molecule has 0 fully saturated rings. The normalized spacial score (nSPS) is 13.7. The smallest absolute Gasteiger partial charge is 0.262 e. The lowest BCUT2D eigenvalue weighted by Gasteiger charge is -2.20. The molecule has 0 saturated carbocycles. The summed E-state index contributed by atoms with van der Waals surface area (Å²) in [6, 6.07) is 6.36. The average Bonchev–Trinajstić information content (AvgIpc) is 2.49. The van der Waals surface area contributed by atoms with Gasteiger partial charge < -0.3 is 10.1 Å². The Bertz CT molecular complexity index is 947. The van der Waals surface area contributed by atoms with Gasteiger partial charge in [0.15, 0.2) is 6.61 Å². The van der Waals surface area contributed by atoms with E-state index in [1.54, 1.807) is 6.92 Å². The van der Waals surface area contributed by atoms with E-state index < -0.39 is 15.8 Å². The largest absolute Gasteiger partial charge is 0.482 e. The summed E-state index contributed by atoms with van der Waals surface area (Å²) in [5.41, 5.74) is 0.959. The summed E-state index contributed by atoms with van der Waals surface area (Å²) in [7, 11) is -3.94. The second-order valence-corrected chi connectivity index (χ2v) is 7.24. The Morgan fingerprint density at radius 1 is 1.29 bits per heavy atom. The first-order valence-electron chi connectivity index (χ1n) is 6.81. The predicted octanol–water partition coefficient (Wildman–Crippen LogP) is 2.92. The van der Waals surface area contributed by atoms with Gasteiger partial charge in [-0.25, -0.2) is 12.8 Å². The minimum Gasteiger partial charge on any atom is -0.482 e. The molecule has 6 nitrogen and oxygen atoms in total. The highest BCUT2D eigenvalue weighted by atomic mass is 35.5. The molecule has 0 bridgehead atoms. The van der Waals surface area contributed by atoms with Crippen molar-refractivity contribution in [3.63, 3.8) is 0 Å². The van der Waals surface area contributed by atoms with E-state index in [9.17, 15) is 17.6 Å². The molecular weight excluding hydrogens is 359 g/mol. The lowest BCUT2D eigenvalue weighted by Crippen LogP contribution is -2.26. The maximum absolute atomic E-state index is 13.2. The molecule has 0 radical (unpaired) electrons. The molecule has 1 aliphatic heterocycles. The van der Waals surface area contributed by atoms with Crippen molar-refractivity contribution in [1.82, 2.24) is 0 Å². The van der Waals surface area contributed by atoms with Gasteiger partial charge in [-0.15, -0.1) is 0 Å². The van der Waals surface area contributed by atoms with E-state index >= 15 is 0 Å². The summed E-state index contributed by atoms with van der Waals surface area (Å²) in [4.78, 5) is 11.3. The van der Waals surface area contributed by atoms with Gasteiger partial charge in [-0.3, -0.25) is 9.52 Å². The van der Waals surface area contributed by atoms with Gasteiger partial charge in [0.25, 0.3) is 15.9 Å². The number of fused-ring (bicyclic) bond motifs is 1. The number of benzene rings is 2. The highest BCUT2D eigenvalue weighted by Crippen LogP contribution is 2.33. The standard InChI is InChI=1S/C15H12ClFN2O4S/c1-8-4-12-13(23-7-15(20)18-12)6-14(8)24(21,22)19-9-2-3-11(17)10(16)5-9/h2-6,19H,7H2,1H3,(H,18,20). The van der Waals surface area contributed by atoms with E-state index in [0.717, 1.165) is 6.07 Å². The molecule has 0 spiro atoms. The van der Waals surface area contributed by atoms with Crippen molar-refractivity contribution in [3.8, 4) is 5.75 Å². The summed E-state index contributed by atoms with van der Waals surface area (Å²) >= 11 is 5.66. The lowest BCUT2D eigenvalue weighted by molar-refractivity contribution is -0.118. The number of ether oxygens (including phenoxy) is 1. The summed E-state index contributed by atoms with van der Waals surface area (Å²) in [6.45, 7) is 1.41. The van der Waals surface area contributed by atoms with Gasteiger partial charge >= 0.3 is 0 Å². The number of rotatable bonds is 3. The van der Waals surface area contributed by atoms with Crippen LogP contribution in [0.3, 0.4) is 0 Å². The van der Waals surface area contributed by atoms with Crippen LogP contribution in [0.2, 0.25) is 5.02 Å². The summed E-state index contributed by atoms with van der Waals surface area (Å²) < 4.78 is 45.9. The second-order valence-electron chi connectivity index (χ2n) is 5.19. The topological polar surface area (TPSA) is 84.5 Å². The number of carbonyl (C=O) groups excluding carboxylic acids is 1. The van der Waals surface area contributed by atoms with Crippen molar-refractivity contribution < 1.29 is 22.3 Å². The minimum atomic E-state index is -3.94. The Kier molecular flexibility index (Phi) is 4.10. The number of sulfonamides is 1. The van der Waals surface area contributed by atoms with E-state index in [1.165, 1.54) is 24.3 Å². The maximum Gasteiger partial charge on any atom is 0.262 e. The quantitative estimate of drug-likeness (QED) is 0.870. The molecular formula is C15H12ClFN2O4S. The van der Waals surface area contributed by atoms with Crippen molar-refractivity contribution in [3.05, 3.63) is 46.7 Å². The monoisotopic (exact) mass is 370 g/mol. The van der Waals surface area contributed by atoms with Crippen LogP contribution in [-0.4, -0.2) is 20.9 Å². The zero-order valence-corrected chi connectivity index (χ0v) is 14.0. The van der Waals surface area contributed by atoms with Crippen LogP contribution in [0.4, 0.5) is 15.8 Å². The molecule has 24 heavy (non-hydrogen) atoms. The zero-order chi connectivity index (χ0) is 17.5. The third-order valence-electron chi connectivity index (χ3n) is 3.37. The van der Waals surface area contributed by atoms with Gasteiger partial charge in [-0.1, -0.05) is 11.6 Å². The Morgan fingerprint density at radius 3 is 2.75 bits per heavy atom. The Balaban J connectivity index is 1.97. The zero-order valence-electron chi connectivity index (χ0n) is 12.4. The van der Waals surface area contributed by atoms with Crippen molar-refractivity contribution >= 4 is 38.9 Å². The number of aryl methyl sites for hydroxylation is 1. The van der Waals surface area contributed by atoms with Crippen LogP contribution in [0, 0.1) is 12.7 Å². The Hall–Kier alpha value is -2.32. The van der Waals surface area contributed by atoms with Crippen LogP contribution in [0.15, 0.2) is 35.2 Å². The molecule has 2 N–H and O–H groups in total. The van der Waals surface area contributed by atoms with Crippen LogP contribution in [-0.2, 0) is 14.8 Å². The molecule has 3 rings (SSSR count). The average molecular weight is 371 g/mol. The molecule has 1 amide bonds. The highest BCUT2D eigenvalue weighted by molar-refractivity contribution is 7.92. The molecule has 0 atom stereocenters. The first-order valence-corrected chi connectivity index (χ1v) is 8.67. The number of anilines is 2. The maximum atomic E-state index is 13.2. The van der Waals surface area contributed by atoms with E-state index in [-0.39, 0.29) is 33.9 Å². The number of hydrogen-bond donors (Lipinski definition) is 2. The molecule has 1 aliphatic rings. The van der Waals surface area contributed by atoms with Gasteiger partial charge in [0.05, 0.1) is 21.3 Å². The predicted molar refractivity (Wildman–Crippen MR) is 87.5 cm³/mol. The van der Waals surface area contributed by atoms with E-state index in [2.05, 4.69) is 10.0 Å². The molecule has 0 saturated heterocycles. The van der Waals surface area contributed by atoms with Gasteiger partial charge in [0, 0.05) is 6.07 Å². The van der Waals surface area contributed by atoms with Gasteiger partial charge in [0.2, 0.25) is 0 Å². The van der Waals surface area contributed by atoms with Gasteiger partial charge in [-0.2, -0.15) is 0 Å². The molecule has 2 aromatic carbocycles. The number of carbonyl (C=O) groups is 1. The molecule has 0 unspecified atom stereocenters. The SMILES string of the molecule is Cc1cc2c(cc1S(=O)(=O)Nc1ccc(F)c(Cl)c1)OCC(=O)N2. The summed E-state index contributed by atoms with van der Waals surface area (Å²) in [5, 5.41) is 2.41. The highest BCUT2D eigenvalue weighted by Gasteiger charge is 2.23. The van der Waals surface area contributed by atoms with Crippen LogP contribution in [0.25, 0.3) is 0 Å². The number of amides is 1. The van der Waals surface area contributed by atoms with E-state index in [0.29, 0.717) is 11.3 Å². The van der Waals surface area contributed by atoms with Crippen LogP contribution >= 0.6 is 11.6 Å². The van der Waals surface area contributed by atoms with E-state index in [4.69, 9.17) is 16.3 Å². The minimum absolute atomic E-state index is 0.0159. The fourth-order valence-electron chi connectivity index (χ4n) is 2.28. The van der Waals surface area contributed by atoms with Crippen molar-refractivity contribution in [2.45, 2.75) is 11.8 Å². The van der Waals surface area contributed by atoms with Crippen LogP contribution in [0.1, 0.15) is 5.56 Å². The molecule has 0 aromatic heterocycles. The fourth-order valence-corrected chi connectivity index (χ4v) is 3.75. The number of halogens is 2. The van der Waals surface area contributed by atoms with Crippen LogP contribution < -0.4 is 14.8 Å². The molecule has 0 aliphatic carbocycles. The Labute approximate surface area is 142 Å². The summed E-state index contributed by atoms with van der Waals surface area (Å²) in [6.07, 6.45) is 0. The van der Waals surface area contributed by atoms with Crippen molar-refractivity contribution in [2.24, 2.45) is 0 Å². The van der Waals surface area contributed by atoms with Crippen molar-refractivity contribution in [2.75, 3.05) is 16.6 Å².